The molecule has 0 radical (unpaired) electrons. The van der Waals surface area contributed by atoms with Crippen LogP contribution in [0.25, 0.3) is 0 Å². The number of nitrogens with two attached hydrogens (primary N) is 1. The molecule has 0 aliphatic carbocycles. The molecular weight excluding hydrogens is 246 g/mol. The van der Waals surface area contributed by atoms with E-state index in [-0.39, 0.29) is 0 Å². The van der Waals surface area contributed by atoms with Crippen LogP contribution in [0.15, 0.2) is 18.3 Å². The van der Waals surface area contributed by atoms with E-state index in [1.54, 1.807) is 19.4 Å². The Morgan fingerprint density at radius 1 is 1.58 bits per heavy atom. The lowest BCUT2D eigenvalue weighted by molar-refractivity contribution is -0.141. The molecule has 19 heavy (non-hydrogen) atoms. The molecule has 0 atom stereocenters. The number of primary amides is 1. The van der Waals surface area contributed by atoms with Crippen molar-refractivity contribution in [2.24, 2.45) is 5.73 Å². The largest absolute Gasteiger partial charge is 0.497 e. The Labute approximate surface area is 112 Å². The predicted molar refractivity (Wildman–Crippen MR) is 69.4 cm³/mol. The maximum Gasteiger partial charge on any atom is 0.249 e. The highest BCUT2D eigenvalue weighted by Gasteiger charge is 2.37. The van der Waals surface area contributed by atoms with Crippen molar-refractivity contribution in [3.8, 4) is 5.75 Å². The molecule has 1 fully saturated rings. The minimum Gasteiger partial charge on any atom is -0.497 e. The molecule has 1 aromatic rings. The molecule has 104 valence electrons. The second-order valence-electron chi connectivity index (χ2n) is 4.86. The van der Waals surface area contributed by atoms with Crippen molar-refractivity contribution in [1.29, 1.82) is 0 Å². The summed E-state index contributed by atoms with van der Waals surface area (Å²) in [5, 5.41) is 9.98. The number of carbonyl (C=O) groups is 1. The average molecular weight is 265 g/mol. The van der Waals surface area contributed by atoms with Crippen LogP contribution in [0.3, 0.4) is 0 Å². The number of hydrogen-bond donors (Lipinski definition) is 2. The number of ether oxygens (including phenoxy) is 1. The first kappa shape index (κ1) is 13.8. The Morgan fingerprint density at radius 3 is 2.84 bits per heavy atom. The summed E-state index contributed by atoms with van der Waals surface area (Å²) in [6.07, 6.45) is 2.44. The molecular formula is C13H19N3O3. The van der Waals surface area contributed by atoms with Gasteiger partial charge in [-0.1, -0.05) is 0 Å². The van der Waals surface area contributed by atoms with Gasteiger partial charge in [0.05, 0.1) is 12.8 Å². The fraction of sp³-hybridized carbons (Fsp3) is 0.538. The van der Waals surface area contributed by atoms with E-state index in [1.807, 2.05) is 6.07 Å². The number of rotatable bonds is 4. The van der Waals surface area contributed by atoms with Crippen molar-refractivity contribution in [3.63, 3.8) is 0 Å². The number of aliphatic hydroxyl groups is 1. The average Bonchev–Trinajstić information content (AvgIpc) is 2.42. The van der Waals surface area contributed by atoms with Crippen molar-refractivity contribution in [2.75, 3.05) is 20.2 Å². The van der Waals surface area contributed by atoms with E-state index in [0.29, 0.717) is 32.5 Å². The van der Waals surface area contributed by atoms with Crippen LogP contribution >= 0.6 is 0 Å². The van der Waals surface area contributed by atoms with Crippen LogP contribution < -0.4 is 10.5 Å². The summed E-state index contributed by atoms with van der Waals surface area (Å²) in [5.74, 6) is 0.141. The van der Waals surface area contributed by atoms with Crippen molar-refractivity contribution in [2.45, 2.75) is 25.0 Å². The van der Waals surface area contributed by atoms with Crippen LogP contribution in [0.5, 0.6) is 5.75 Å². The van der Waals surface area contributed by atoms with Gasteiger partial charge in [-0.3, -0.25) is 14.7 Å². The van der Waals surface area contributed by atoms with Crippen molar-refractivity contribution < 1.29 is 14.6 Å². The molecule has 1 aliphatic heterocycles. The summed E-state index contributed by atoms with van der Waals surface area (Å²) in [7, 11) is 1.62. The number of amides is 1. The van der Waals surface area contributed by atoms with E-state index in [0.717, 1.165) is 11.4 Å². The van der Waals surface area contributed by atoms with Crippen molar-refractivity contribution >= 4 is 5.91 Å². The zero-order chi connectivity index (χ0) is 13.9. The van der Waals surface area contributed by atoms with E-state index in [9.17, 15) is 9.90 Å². The second kappa shape index (κ2) is 5.54. The van der Waals surface area contributed by atoms with Crippen LogP contribution in [0.1, 0.15) is 18.5 Å². The van der Waals surface area contributed by atoms with E-state index in [1.165, 1.54) is 0 Å². The third-order valence-corrected chi connectivity index (χ3v) is 3.55. The standard InChI is InChI=1S/C13H19N3O3/c1-19-11-2-5-15-10(8-11)9-16-6-3-13(18,4-7-16)12(14)17/h2,5,8,18H,3-4,6-7,9H2,1H3,(H2,14,17). The molecule has 1 saturated heterocycles. The lowest BCUT2D eigenvalue weighted by atomic mass is 9.91. The number of hydrogen-bond acceptors (Lipinski definition) is 5. The normalized spacial score (nSPS) is 19.1. The van der Waals surface area contributed by atoms with Crippen LogP contribution in [0, 0.1) is 0 Å². The monoisotopic (exact) mass is 265 g/mol. The molecule has 2 heterocycles. The maximum absolute atomic E-state index is 11.1. The lowest BCUT2D eigenvalue weighted by Crippen LogP contribution is -2.52. The van der Waals surface area contributed by atoms with Gasteiger partial charge in [0, 0.05) is 31.9 Å². The topological polar surface area (TPSA) is 88.7 Å². The second-order valence-corrected chi connectivity index (χ2v) is 4.86. The number of piperidine rings is 1. The van der Waals surface area contributed by atoms with Crippen LogP contribution in [0.4, 0.5) is 0 Å². The number of nitrogens with zero attached hydrogens (tertiary/aromatic N) is 2. The molecule has 0 spiro atoms. The summed E-state index contributed by atoms with van der Waals surface area (Å²) in [4.78, 5) is 17.6. The van der Waals surface area contributed by atoms with E-state index in [4.69, 9.17) is 10.5 Å². The Hall–Kier alpha value is -1.66. The van der Waals surface area contributed by atoms with Crippen LogP contribution in [-0.4, -0.2) is 46.7 Å². The number of methoxy groups -OCH3 is 1. The zero-order valence-electron chi connectivity index (χ0n) is 11.0. The molecule has 2 rings (SSSR count). The van der Waals surface area contributed by atoms with E-state index < -0.39 is 11.5 Å². The number of aromatic nitrogens is 1. The highest BCUT2D eigenvalue weighted by atomic mass is 16.5. The maximum atomic E-state index is 11.1. The van der Waals surface area contributed by atoms with Gasteiger partial charge >= 0.3 is 0 Å². The Morgan fingerprint density at radius 2 is 2.26 bits per heavy atom. The zero-order valence-corrected chi connectivity index (χ0v) is 11.0. The Balaban J connectivity index is 1.93. The third kappa shape index (κ3) is 3.21. The molecule has 6 heteroatoms. The first-order chi connectivity index (χ1) is 9.03. The molecule has 1 amide bonds. The Bertz CT molecular complexity index is 456. The summed E-state index contributed by atoms with van der Waals surface area (Å²) in [6, 6.07) is 3.68. The van der Waals surface area contributed by atoms with Gasteiger partial charge in [0.25, 0.3) is 0 Å². The summed E-state index contributed by atoms with van der Waals surface area (Å²) < 4.78 is 5.15. The van der Waals surface area contributed by atoms with Gasteiger partial charge in [-0.05, 0) is 18.9 Å². The molecule has 0 bridgehead atoms. The van der Waals surface area contributed by atoms with Crippen molar-refractivity contribution in [3.05, 3.63) is 24.0 Å². The summed E-state index contributed by atoms with van der Waals surface area (Å²) >= 11 is 0. The number of carbonyl (C=O) groups excluding carboxylic acids is 1. The highest BCUT2D eigenvalue weighted by molar-refractivity contribution is 5.83. The lowest BCUT2D eigenvalue weighted by Gasteiger charge is -2.35. The summed E-state index contributed by atoms with van der Waals surface area (Å²) in [5.41, 5.74) is 4.76. The fourth-order valence-corrected chi connectivity index (χ4v) is 2.23. The molecule has 6 nitrogen and oxygen atoms in total. The van der Waals surface area contributed by atoms with E-state index >= 15 is 0 Å². The number of pyridine rings is 1. The van der Waals surface area contributed by atoms with Gasteiger partial charge in [-0.25, -0.2) is 0 Å². The molecule has 0 aromatic carbocycles. The van der Waals surface area contributed by atoms with Crippen LogP contribution in [0.2, 0.25) is 0 Å². The van der Waals surface area contributed by atoms with Gasteiger partial charge in [-0.2, -0.15) is 0 Å². The van der Waals surface area contributed by atoms with Gasteiger partial charge in [0.2, 0.25) is 5.91 Å². The smallest absolute Gasteiger partial charge is 0.249 e. The quantitative estimate of drug-likeness (QED) is 0.793. The summed E-state index contributed by atoms with van der Waals surface area (Å²) in [6.45, 7) is 1.92. The minimum atomic E-state index is -1.35. The van der Waals surface area contributed by atoms with Gasteiger partial charge in [0.15, 0.2) is 0 Å². The first-order valence-electron chi connectivity index (χ1n) is 6.27. The minimum absolute atomic E-state index is 0.367. The molecule has 1 aliphatic rings. The molecule has 1 aromatic heterocycles. The third-order valence-electron chi connectivity index (χ3n) is 3.55. The molecule has 3 N–H and O–H groups in total. The van der Waals surface area contributed by atoms with Gasteiger partial charge in [-0.15, -0.1) is 0 Å². The Kier molecular flexibility index (Phi) is 4.01. The van der Waals surface area contributed by atoms with Gasteiger partial charge in [0.1, 0.15) is 11.4 Å². The van der Waals surface area contributed by atoms with Crippen molar-refractivity contribution in [1.82, 2.24) is 9.88 Å². The molecule has 0 unspecified atom stereocenters. The molecule has 0 saturated carbocycles. The SMILES string of the molecule is COc1ccnc(CN2CCC(O)(C(N)=O)CC2)c1. The van der Waals surface area contributed by atoms with E-state index in [2.05, 4.69) is 9.88 Å². The fourth-order valence-electron chi connectivity index (χ4n) is 2.23. The van der Waals surface area contributed by atoms with Gasteiger partial charge < -0.3 is 15.6 Å². The predicted octanol–water partition coefficient (Wildman–Crippen LogP) is -0.0976. The highest BCUT2D eigenvalue weighted by Crippen LogP contribution is 2.23. The number of likely N-dealkylation sites (tertiary alicyclic amines) is 1. The first-order valence-corrected chi connectivity index (χ1v) is 6.27. The van der Waals surface area contributed by atoms with Crippen LogP contribution in [-0.2, 0) is 11.3 Å².